The topological polar surface area (TPSA) is 107 Å². The number of thioether (sulfide) groups is 1. The molecule has 0 radical (unpaired) electrons. The molecule has 3 aromatic rings. The number of nitrogens with one attached hydrogen (secondary N) is 1. The molecule has 1 aromatic heterocycles. The second-order valence-corrected chi connectivity index (χ2v) is 8.50. The maximum atomic E-state index is 13.5. The normalized spacial score (nSPS) is 11.1. The van der Waals surface area contributed by atoms with E-state index in [9.17, 15) is 24.1 Å². The Morgan fingerprint density at radius 1 is 1.32 bits per heavy atom. The number of nitrogens with zero attached hydrogens (tertiary/aromatic N) is 3. The van der Waals surface area contributed by atoms with Crippen molar-refractivity contribution in [3.8, 4) is 0 Å². The van der Waals surface area contributed by atoms with E-state index in [1.165, 1.54) is 10.6 Å². The Bertz CT molecular complexity index is 1230. The summed E-state index contributed by atoms with van der Waals surface area (Å²) in [5.74, 6) is -1.42. The average Bonchev–Trinajstić information content (AvgIpc) is 2.69. The molecule has 0 aliphatic carbocycles. The Labute approximate surface area is 185 Å². The van der Waals surface area contributed by atoms with Crippen LogP contribution in [0.2, 0.25) is 5.02 Å². The summed E-state index contributed by atoms with van der Waals surface area (Å²) in [6.45, 7) is 4.33. The van der Waals surface area contributed by atoms with Gasteiger partial charge < -0.3 is 5.32 Å². The molecule has 1 amide bonds. The van der Waals surface area contributed by atoms with Crippen molar-refractivity contribution in [2.24, 2.45) is 5.92 Å². The van der Waals surface area contributed by atoms with Crippen LogP contribution < -0.4 is 10.9 Å². The lowest BCUT2D eigenvalue weighted by molar-refractivity contribution is -0.387. The van der Waals surface area contributed by atoms with Crippen molar-refractivity contribution in [2.75, 3.05) is 11.1 Å². The number of hydrogen-bond donors (Lipinski definition) is 1. The van der Waals surface area contributed by atoms with Gasteiger partial charge in [-0.05, 0) is 36.2 Å². The molecule has 0 saturated heterocycles. The fourth-order valence-corrected chi connectivity index (χ4v) is 3.84. The fourth-order valence-electron chi connectivity index (χ4n) is 2.87. The third kappa shape index (κ3) is 5.39. The van der Waals surface area contributed by atoms with Gasteiger partial charge in [0.15, 0.2) is 5.16 Å². The number of carbonyl (C=O) groups excluding carboxylic acids is 1. The molecule has 0 fully saturated rings. The molecule has 0 atom stereocenters. The first-order valence-electron chi connectivity index (χ1n) is 9.22. The number of aromatic nitrogens is 2. The van der Waals surface area contributed by atoms with Gasteiger partial charge in [-0.25, -0.2) is 4.98 Å². The SMILES string of the molecule is CC(C)Cn1c(SCC(=O)Nc2ccc(F)c([N+](=O)[O-])c2)nc2cc(Cl)ccc2c1=O. The monoisotopic (exact) mass is 464 g/mol. The molecule has 0 bridgehead atoms. The van der Waals surface area contributed by atoms with E-state index in [0.717, 1.165) is 23.9 Å². The molecule has 0 aliphatic heterocycles. The summed E-state index contributed by atoms with van der Waals surface area (Å²) in [5.41, 5.74) is -0.442. The molecule has 0 spiro atoms. The first-order chi connectivity index (χ1) is 14.7. The number of hydrogen-bond acceptors (Lipinski definition) is 6. The van der Waals surface area contributed by atoms with Crippen LogP contribution in [0.4, 0.5) is 15.8 Å². The molecule has 8 nitrogen and oxygen atoms in total. The summed E-state index contributed by atoms with van der Waals surface area (Å²) in [7, 11) is 0. The standard InChI is InChI=1S/C20H18ClFN4O4S/c1-11(2)9-25-19(28)14-5-3-12(21)7-16(14)24-20(25)31-10-18(27)23-13-4-6-15(22)17(8-13)26(29)30/h3-8,11H,9-10H2,1-2H3,(H,23,27). The lowest BCUT2D eigenvalue weighted by atomic mass is 10.2. The number of anilines is 1. The Hall–Kier alpha value is -2.98. The smallest absolute Gasteiger partial charge is 0.306 e. The van der Waals surface area contributed by atoms with Gasteiger partial charge in [0.1, 0.15) is 0 Å². The van der Waals surface area contributed by atoms with Crippen LogP contribution in [0.15, 0.2) is 46.3 Å². The molecule has 3 rings (SSSR count). The van der Waals surface area contributed by atoms with Crippen molar-refractivity contribution in [2.45, 2.75) is 25.5 Å². The molecule has 0 unspecified atom stereocenters. The van der Waals surface area contributed by atoms with Crippen LogP contribution in [0.3, 0.4) is 0 Å². The van der Waals surface area contributed by atoms with Gasteiger partial charge in [0.25, 0.3) is 5.56 Å². The van der Waals surface area contributed by atoms with Crippen LogP contribution >= 0.6 is 23.4 Å². The zero-order chi connectivity index (χ0) is 22.7. The highest BCUT2D eigenvalue weighted by Crippen LogP contribution is 2.24. The van der Waals surface area contributed by atoms with Crippen LogP contribution in [-0.2, 0) is 11.3 Å². The maximum absolute atomic E-state index is 13.5. The third-order valence-electron chi connectivity index (χ3n) is 4.19. The number of rotatable bonds is 7. The predicted molar refractivity (Wildman–Crippen MR) is 118 cm³/mol. The summed E-state index contributed by atoms with van der Waals surface area (Å²) in [6.07, 6.45) is 0. The van der Waals surface area contributed by atoms with Gasteiger partial charge in [-0.2, -0.15) is 4.39 Å². The Morgan fingerprint density at radius 3 is 2.74 bits per heavy atom. The van der Waals surface area contributed by atoms with E-state index in [1.807, 2.05) is 13.8 Å². The van der Waals surface area contributed by atoms with E-state index in [4.69, 9.17) is 11.6 Å². The third-order valence-corrected chi connectivity index (χ3v) is 5.40. The minimum Gasteiger partial charge on any atom is -0.325 e. The van der Waals surface area contributed by atoms with Crippen molar-refractivity contribution in [1.29, 1.82) is 0 Å². The van der Waals surface area contributed by atoms with Crippen LogP contribution in [0.5, 0.6) is 0 Å². The second kappa shape index (κ2) is 9.44. The average molecular weight is 465 g/mol. The van der Waals surface area contributed by atoms with Gasteiger partial charge >= 0.3 is 5.69 Å². The summed E-state index contributed by atoms with van der Waals surface area (Å²) in [6, 6.07) is 7.91. The largest absolute Gasteiger partial charge is 0.325 e. The van der Waals surface area contributed by atoms with E-state index in [2.05, 4.69) is 10.3 Å². The highest BCUT2D eigenvalue weighted by Gasteiger charge is 2.17. The molecule has 1 N–H and O–H groups in total. The van der Waals surface area contributed by atoms with Crippen LogP contribution in [0, 0.1) is 21.8 Å². The second-order valence-electron chi connectivity index (χ2n) is 7.13. The van der Waals surface area contributed by atoms with Gasteiger partial charge in [0, 0.05) is 23.3 Å². The summed E-state index contributed by atoms with van der Waals surface area (Å²) < 4.78 is 15.0. The quantitative estimate of drug-likeness (QED) is 0.239. The molecule has 11 heteroatoms. The number of nitro groups is 1. The molecular weight excluding hydrogens is 447 g/mol. The number of nitro benzene ring substituents is 1. The molecule has 31 heavy (non-hydrogen) atoms. The zero-order valence-electron chi connectivity index (χ0n) is 16.6. The van der Waals surface area contributed by atoms with Crippen LogP contribution in [0.25, 0.3) is 10.9 Å². The van der Waals surface area contributed by atoms with Crippen LogP contribution in [0.1, 0.15) is 13.8 Å². The lowest BCUT2D eigenvalue weighted by Gasteiger charge is -2.15. The van der Waals surface area contributed by atoms with Crippen molar-refractivity contribution in [3.63, 3.8) is 0 Å². The predicted octanol–water partition coefficient (Wildman–Crippen LogP) is 4.48. The minimum atomic E-state index is -0.992. The van der Waals surface area contributed by atoms with E-state index in [1.54, 1.807) is 18.2 Å². The van der Waals surface area contributed by atoms with E-state index in [-0.39, 0.29) is 22.9 Å². The summed E-state index contributed by atoms with van der Waals surface area (Å²) in [4.78, 5) is 39.8. The first kappa shape index (κ1) is 22.7. The maximum Gasteiger partial charge on any atom is 0.306 e. The highest BCUT2D eigenvalue weighted by molar-refractivity contribution is 7.99. The summed E-state index contributed by atoms with van der Waals surface area (Å²) in [5, 5.41) is 14.6. The fraction of sp³-hybridized carbons (Fsp3) is 0.250. The van der Waals surface area contributed by atoms with E-state index in [0.29, 0.717) is 27.6 Å². The first-order valence-corrected chi connectivity index (χ1v) is 10.6. The van der Waals surface area contributed by atoms with Crippen LogP contribution in [-0.4, -0.2) is 26.1 Å². The minimum absolute atomic E-state index is 0.0940. The molecule has 162 valence electrons. The number of carbonyl (C=O) groups is 1. The zero-order valence-corrected chi connectivity index (χ0v) is 18.2. The number of halogens is 2. The molecular formula is C20H18ClFN4O4S. The van der Waals surface area contributed by atoms with E-state index >= 15 is 0 Å². The molecule has 0 aliphatic rings. The van der Waals surface area contributed by atoms with Gasteiger partial charge in [-0.3, -0.25) is 24.3 Å². The van der Waals surface area contributed by atoms with Crippen molar-refractivity contribution >= 4 is 51.5 Å². The van der Waals surface area contributed by atoms with Gasteiger partial charge in [-0.1, -0.05) is 37.2 Å². The molecule has 0 saturated carbocycles. The van der Waals surface area contributed by atoms with Crippen molar-refractivity contribution in [3.05, 3.63) is 67.7 Å². The van der Waals surface area contributed by atoms with Gasteiger partial charge in [0.05, 0.1) is 21.6 Å². The Balaban J connectivity index is 1.84. The van der Waals surface area contributed by atoms with Gasteiger partial charge in [0.2, 0.25) is 11.7 Å². The lowest BCUT2D eigenvalue weighted by Crippen LogP contribution is -2.26. The highest BCUT2D eigenvalue weighted by atomic mass is 35.5. The molecule has 2 aromatic carbocycles. The Kier molecular flexibility index (Phi) is 6.91. The number of benzene rings is 2. The van der Waals surface area contributed by atoms with Gasteiger partial charge in [-0.15, -0.1) is 0 Å². The number of fused-ring (bicyclic) bond motifs is 1. The molecule has 1 heterocycles. The van der Waals surface area contributed by atoms with Crippen molar-refractivity contribution < 1.29 is 14.1 Å². The summed E-state index contributed by atoms with van der Waals surface area (Å²) >= 11 is 7.07. The number of amides is 1. The van der Waals surface area contributed by atoms with E-state index < -0.39 is 22.3 Å². The van der Waals surface area contributed by atoms with Crippen molar-refractivity contribution in [1.82, 2.24) is 9.55 Å². The Morgan fingerprint density at radius 2 is 2.06 bits per heavy atom.